The zero-order valence-electron chi connectivity index (χ0n) is 25.4. The van der Waals surface area contributed by atoms with Crippen molar-refractivity contribution in [2.75, 3.05) is 18.3 Å². The average Bonchev–Trinajstić information content (AvgIpc) is 2.79. The van der Waals surface area contributed by atoms with E-state index in [0.29, 0.717) is 10.5 Å². The molecule has 3 rings (SSSR count). The van der Waals surface area contributed by atoms with Crippen LogP contribution in [0.5, 0.6) is 0 Å². The number of hydrogen-bond donors (Lipinski definition) is 1. The summed E-state index contributed by atoms with van der Waals surface area (Å²) in [6, 6.07) is 3.55. The van der Waals surface area contributed by atoms with Crippen molar-refractivity contribution < 1.29 is 22.6 Å². The fourth-order valence-corrected chi connectivity index (χ4v) is 2.03. The number of piperidine rings is 1. The van der Waals surface area contributed by atoms with Crippen LogP contribution in [0.3, 0.4) is 0 Å². The van der Waals surface area contributed by atoms with Gasteiger partial charge in [0.2, 0.25) is 0 Å². The number of likely N-dealkylation sites (tertiary alicyclic amines) is 1. The highest BCUT2D eigenvalue weighted by Gasteiger charge is 2.38. The normalized spacial score (nSPS) is 34.6. The van der Waals surface area contributed by atoms with E-state index >= 15 is 0 Å². The molecule has 1 aliphatic rings. The van der Waals surface area contributed by atoms with E-state index in [2.05, 4.69) is 5.32 Å². The van der Waals surface area contributed by atoms with Crippen LogP contribution in [0.1, 0.15) is 43.1 Å². The van der Waals surface area contributed by atoms with E-state index in [4.69, 9.17) is 17.8 Å². The fourth-order valence-electron chi connectivity index (χ4n) is 2.03. The van der Waals surface area contributed by atoms with Crippen molar-refractivity contribution in [2.45, 2.75) is 31.8 Å². The predicted molar refractivity (Wildman–Crippen MR) is 94.4 cm³/mol. The average molecular weight is 322 g/mol. The van der Waals surface area contributed by atoms with Crippen molar-refractivity contribution in [3.63, 3.8) is 0 Å². The van der Waals surface area contributed by atoms with Crippen molar-refractivity contribution in [3.8, 4) is 0 Å². The van der Waals surface area contributed by atoms with Crippen LogP contribution in [-0.2, 0) is 11.3 Å². The molecule has 0 radical (unpaired) electrons. The summed E-state index contributed by atoms with van der Waals surface area (Å²) in [5, 5.41) is 2.11. The zero-order chi connectivity index (χ0) is 27.6. The maximum Gasteiger partial charge on any atom is 0.155 e. The minimum absolute atomic E-state index is 0.353. The lowest BCUT2D eigenvalue weighted by Gasteiger charge is -2.41. The molecule has 0 amide bonds. The lowest BCUT2D eigenvalue weighted by molar-refractivity contribution is -0.122. The minimum atomic E-state index is -3.53. The lowest BCUT2D eigenvalue weighted by atomic mass is 9.83. The molecular weight excluding hydrogens is 284 g/mol. The van der Waals surface area contributed by atoms with Crippen LogP contribution in [0, 0.1) is 0 Å². The molecule has 0 spiro atoms. The van der Waals surface area contributed by atoms with Crippen LogP contribution in [0.25, 0.3) is 0 Å². The first-order valence-electron chi connectivity index (χ1n) is 13.5. The number of carbonyl (C=O) groups excluding carboxylic acids is 1. The lowest BCUT2D eigenvalue weighted by Crippen LogP contribution is -2.53. The number of rotatable bonds is 5. The number of nitrogens with zero attached hydrogens (tertiary/aromatic N) is 1. The highest BCUT2D eigenvalue weighted by Crippen LogP contribution is 2.28. The van der Waals surface area contributed by atoms with Crippen LogP contribution >= 0.6 is 0 Å². The summed E-state index contributed by atoms with van der Waals surface area (Å²) in [5.41, 5.74) is -3.85. The first-order chi connectivity index (χ1) is 16.3. The third-order valence-electron chi connectivity index (χ3n) is 3.28. The second-order valence-electron chi connectivity index (χ2n) is 4.98. The summed E-state index contributed by atoms with van der Waals surface area (Å²) < 4.78 is 109. The van der Waals surface area contributed by atoms with Gasteiger partial charge in [-0.25, -0.2) is 0 Å². The highest BCUT2D eigenvalue weighted by molar-refractivity contribution is 5.89. The number of nitrogens with one attached hydrogen (secondary N) is 1. The van der Waals surface area contributed by atoms with Crippen LogP contribution in [0.15, 0.2) is 60.5 Å². The molecular formula is C20H24N2O. The van der Waals surface area contributed by atoms with E-state index in [-0.39, 0.29) is 0 Å². The van der Waals surface area contributed by atoms with Crippen LogP contribution in [0.2, 0.25) is 0 Å². The molecule has 120 valence electrons. The molecule has 1 fully saturated rings. The molecule has 0 atom stereocenters. The van der Waals surface area contributed by atoms with Gasteiger partial charge in [-0.2, -0.15) is 0 Å². The Morgan fingerprint density at radius 1 is 1.22 bits per heavy atom. The van der Waals surface area contributed by atoms with Gasteiger partial charge in [-0.15, -0.1) is 0 Å². The van der Waals surface area contributed by atoms with E-state index in [1.54, 1.807) is 18.2 Å². The van der Waals surface area contributed by atoms with Crippen molar-refractivity contribution in [3.05, 3.63) is 66.1 Å². The van der Waals surface area contributed by atoms with Gasteiger partial charge in [0.05, 0.1) is 12.4 Å². The van der Waals surface area contributed by atoms with Crippen LogP contribution in [0.4, 0.5) is 5.69 Å². The van der Waals surface area contributed by atoms with Gasteiger partial charge in [0.25, 0.3) is 0 Å². The Kier molecular flexibility index (Phi) is 1.94. The molecule has 3 nitrogen and oxygen atoms in total. The molecule has 0 unspecified atom stereocenters. The molecule has 1 aliphatic heterocycles. The van der Waals surface area contributed by atoms with E-state index in [0.717, 1.165) is 6.92 Å². The summed E-state index contributed by atoms with van der Waals surface area (Å²) >= 11 is 0. The topological polar surface area (TPSA) is 32.3 Å². The largest absolute Gasteiger partial charge is 0.373 e. The number of anilines is 1. The summed E-state index contributed by atoms with van der Waals surface area (Å²) in [7, 11) is 0. The number of para-hydroxylation sites is 1. The third kappa shape index (κ3) is 3.80. The Morgan fingerprint density at radius 2 is 1.87 bits per heavy atom. The zero-order valence-corrected chi connectivity index (χ0v) is 12.4. The second kappa shape index (κ2) is 6.97. The SMILES string of the molecule is [2H]c1c([2H])c([2H])c(NC2(C(C)=O)C([2H])([2H])C([2H])([2H])N(Cc3ccccc3)C([2H])([2H])C2([2H])[2H])c([2H])c1[2H]. The second-order valence-corrected chi connectivity index (χ2v) is 4.98. The van der Waals surface area contributed by atoms with Crippen molar-refractivity contribution in [1.82, 2.24) is 4.90 Å². The van der Waals surface area contributed by atoms with Gasteiger partial charge in [0.1, 0.15) is 0 Å². The van der Waals surface area contributed by atoms with Crippen molar-refractivity contribution in [1.29, 1.82) is 0 Å². The first kappa shape index (κ1) is 6.40. The Morgan fingerprint density at radius 3 is 2.48 bits per heavy atom. The fraction of sp³-hybridized carbons (Fsp3) is 0.350. The van der Waals surface area contributed by atoms with Crippen LogP contribution < -0.4 is 5.32 Å². The molecule has 1 N–H and O–H groups in total. The van der Waals surface area contributed by atoms with E-state index in [1.807, 2.05) is 0 Å². The molecule has 0 bridgehead atoms. The van der Waals surface area contributed by atoms with E-state index in [9.17, 15) is 4.79 Å². The third-order valence-corrected chi connectivity index (χ3v) is 3.28. The van der Waals surface area contributed by atoms with Gasteiger partial charge in [-0.3, -0.25) is 9.69 Å². The van der Waals surface area contributed by atoms with E-state index in [1.165, 1.54) is 12.1 Å². The number of benzene rings is 2. The summed E-state index contributed by atoms with van der Waals surface area (Å²) in [4.78, 5) is 13.5. The molecule has 2 aromatic carbocycles. The summed E-state index contributed by atoms with van der Waals surface area (Å²) in [5.74, 6) is -1.36. The molecule has 23 heavy (non-hydrogen) atoms. The van der Waals surface area contributed by atoms with E-state index < -0.39 is 79.5 Å². The Bertz CT molecular complexity index is 1140. The summed E-state index contributed by atoms with van der Waals surface area (Å²) in [6.45, 7) is -6.48. The molecule has 1 heterocycles. The highest BCUT2D eigenvalue weighted by atomic mass is 16.1. The van der Waals surface area contributed by atoms with Gasteiger partial charge in [-0.05, 0) is 37.3 Å². The predicted octanol–water partition coefficient (Wildman–Crippen LogP) is 3.72. The van der Waals surface area contributed by atoms with Gasteiger partial charge in [-0.1, -0.05) is 48.5 Å². The Hall–Kier alpha value is -2.13. The molecule has 3 heteroatoms. The smallest absolute Gasteiger partial charge is 0.155 e. The van der Waals surface area contributed by atoms with Gasteiger partial charge < -0.3 is 5.32 Å². The number of carbonyl (C=O) groups is 1. The quantitative estimate of drug-likeness (QED) is 0.911. The molecule has 0 aromatic heterocycles. The maximum absolute atomic E-state index is 13.1. The molecule has 0 aliphatic carbocycles. The first-order valence-corrected chi connectivity index (χ1v) is 6.98. The number of ketones is 1. The minimum Gasteiger partial charge on any atom is -0.373 e. The van der Waals surface area contributed by atoms with Gasteiger partial charge in [0, 0.05) is 36.2 Å². The number of hydrogen-bond acceptors (Lipinski definition) is 3. The Labute approximate surface area is 156 Å². The van der Waals surface area contributed by atoms with Crippen molar-refractivity contribution >= 4 is 11.5 Å². The summed E-state index contributed by atoms with van der Waals surface area (Å²) in [6.07, 6.45) is -7.06. The van der Waals surface area contributed by atoms with Crippen molar-refractivity contribution in [2.24, 2.45) is 0 Å². The van der Waals surface area contributed by atoms with Gasteiger partial charge in [0.15, 0.2) is 5.78 Å². The number of Topliss-reactive ketones (excluding diaryl/α,β-unsaturated/α-hetero) is 1. The molecule has 1 saturated heterocycles. The standard InChI is InChI=1S/C20H24N2O/c1-17(23)20(21-19-10-6-3-7-11-19)12-14-22(15-13-20)16-18-8-4-2-5-9-18/h2-11,21H,12-16H2,1H3/i3D,6D,7D,10D,11D,12D2,13D2,14D2,15D2. The maximum atomic E-state index is 13.1. The Balaban J connectivity index is 2.34. The van der Waals surface area contributed by atoms with Gasteiger partial charge >= 0.3 is 0 Å². The van der Waals surface area contributed by atoms with Crippen LogP contribution in [-0.4, -0.2) is 29.2 Å². The molecule has 2 aromatic rings. The monoisotopic (exact) mass is 321 g/mol. The molecule has 0 saturated carbocycles.